The first-order chi connectivity index (χ1) is 5.52. The van der Waals surface area contributed by atoms with Crippen LogP contribution in [0.4, 0.5) is 0 Å². The van der Waals surface area contributed by atoms with E-state index in [0.29, 0.717) is 0 Å². The maximum Gasteiger partial charge on any atom is 0.129 e. The molecule has 12 heavy (non-hydrogen) atoms. The number of phenols is 1. The van der Waals surface area contributed by atoms with E-state index in [4.69, 9.17) is 0 Å². The van der Waals surface area contributed by atoms with Gasteiger partial charge in [0, 0.05) is 0 Å². The molecule has 1 unspecified atom stereocenters. The van der Waals surface area contributed by atoms with Gasteiger partial charge in [-0.15, -0.1) is 0 Å². The predicted molar refractivity (Wildman–Crippen MR) is 56.2 cm³/mol. The number of aryl methyl sites for hydroxylation is 1. The maximum atomic E-state index is 9.41. The molecule has 2 N–H and O–H groups in total. The highest BCUT2D eigenvalue weighted by molar-refractivity contribution is 14.1. The van der Waals surface area contributed by atoms with Crippen molar-refractivity contribution >= 4 is 22.6 Å². The number of benzene rings is 1. The Hall–Kier alpha value is -0.290. The molecule has 0 heterocycles. The Labute approximate surface area is 85.4 Å². The Morgan fingerprint density at radius 2 is 2.00 bits per heavy atom. The van der Waals surface area contributed by atoms with Gasteiger partial charge in [0.1, 0.15) is 5.75 Å². The molecule has 3 heteroatoms. The van der Waals surface area contributed by atoms with Gasteiger partial charge in [-0.05, 0) is 53.6 Å². The molecule has 0 saturated carbocycles. The van der Waals surface area contributed by atoms with Crippen LogP contribution in [-0.4, -0.2) is 10.2 Å². The molecule has 1 aromatic rings. The number of hydrogen-bond donors (Lipinski definition) is 2. The van der Waals surface area contributed by atoms with Gasteiger partial charge in [0.25, 0.3) is 0 Å². The Balaban J connectivity index is 3.21. The van der Waals surface area contributed by atoms with Gasteiger partial charge in [-0.1, -0.05) is 6.07 Å². The quantitative estimate of drug-likeness (QED) is 0.774. The lowest BCUT2D eigenvalue weighted by Gasteiger charge is -2.08. The van der Waals surface area contributed by atoms with E-state index < -0.39 is 6.10 Å². The zero-order valence-corrected chi connectivity index (χ0v) is 9.16. The fourth-order valence-corrected chi connectivity index (χ4v) is 1.33. The molecular weight excluding hydrogens is 267 g/mol. The van der Waals surface area contributed by atoms with E-state index in [1.807, 2.05) is 13.0 Å². The van der Waals surface area contributed by atoms with Crippen LogP contribution in [0.25, 0.3) is 0 Å². The van der Waals surface area contributed by atoms with Crippen molar-refractivity contribution in [3.63, 3.8) is 0 Å². The minimum atomic E-state index is -0.522. The zero-order chi connectivity index (χ0) is 9.30. The third-order valence-electron chi connectivity index (χ3n) is 1.74. The molecule has 66 valence electrons. The number of aliphatic hydroxyl groups excluding tert-OH is 1. The molecule has 0 aromatic heterocycles. The largest absolute Gasteiger partial charge is 0.507 e. The lowest BCUT2D eigenvalue weighted by Crippen LogP contribution is -1.93. The normalized spacial score (nSPS) is 13.0. The molecule has 0 bridgehead atoms. The summed E-state index contributed by atoms with van der Waals surface area (Å²) in [6.45, 7) is 3.59. The van der Waals surface area contributed by atoms with Gasteiger partial charge in [0.15, 0.2) is 0 Å². The summed E-state index contributed by atoms with van der Waals surface area (Å²) < 4.78 is 0.844. The van der Waals surface area contributed by atoms with Gasteiger partial charge < -0.3 is 10.2 Å². The van der Waals surface area contributed by atoms with Crippen molar-refractivity contribution in [1.82, 2.24) is 0 Å². The molecule has 0 saturated heterocycles. The summed E-state index contributed by atoms with van der Waals surface area (Å²) in [7, 11) is 0. The van der Waals surface area contributed by atoms with Crippen molar-refractivity contribution in [2.75, 3.05) is 0 Å². The van der Waals surface area contributed by atoms with E-state index in [1.54, 1.807) is 13.0 Å². The van der Waals surface area contributed by atoms with Crippen LogP contribution < -0.4 is 0 Å². The van der Waals surface area contributed by atoms with Crippen LogP contribution in [0.2, 0.25) is 0 Å². The van der Waals surface area contributed by atoms with Crippen LogP contribution in [-0.2, 0) is 0 Å². The molecule has 0 aliphatic rings. The van der Waals surface area contributed by atoms with Gasteiger partial charge in [-0.25, -0.2) is 0 Å². The lowest BCUT2D eigenvalue weighted by molar-refractivity contribution is 0.198. The minimum Gasteiger partial charge on any atom is -0.507 e. The minimum absolute atomic E-state index is 0.242. The first-order valence-corrected chi connectivity index (χ1v) is 4.77. The number of aliphatic hydroxyl groups is 1. The van der Waals surface area contributed by atoms with Gasteiger partial charge in [-0.2, -0.15) is 0 Å². The second-order valence-electron chi connectivity index (χ2n) is 2.85. The maximum absolute atomic E-state index is 9.41. The third kappa shape index (κ3) is 1.90. The van der Waals surface area contributed by atoms with Gasteiger partial charge in [0.2, 0.25) is 0 Å². The summed E-state index contributed by atoms with van der Waals surface area (Å²) in [5.74, 6) is 0.242. The van der Waals surface area contributed by atoms with Crippen molar-refractivity contribution in [2.24, 2.45) is 0 Å². The first-order valence-electron chi connectivity index (χ1n) is 3.69. The molecule has 1 atom stereocenters. The SMILES string of the molecule is Cc1cc(C(C)O)cc(O)c1I. The van der Waals surface area contributed by atoms with Crippen molar-refractivity contribution in [2.45, 2.75) is 20.0 Å². The number of hydrogen-bond acceptors (Lipinski definition) is 2. The predicted octanol–water partition coefficient (Wildman–Crippen LogP) is 2.36. The molecule has 0 fully saturated rings. The summed E-state index contributed by atoms with van der Waals surface area (Å²) >= 11 is 2.08. The van der Waals surface area contributed by atoms with Crippen LogP contribution in [0.3, 0.4) is 0 Å². The highest BCUT2D eigenvalue weighted by atomic mass is 127. The molecule has 0 amide bonds. The van der Waals surface area contributed by atoms with Gasteiger partial charge >= 0.3 is 0 Å². The highest BCUT2D eigenvalue weighted by Crippen LogP contribution is 2.27. The number of halogens is 1. The monoisotopic (exact) mass is 278 g/mol. The summed E-state index contributed by atoms with van der Waals surface area (Å²) in [4.78, 5) is 0. The fraction of sp³-hybridized carbons (Fsp3) is 0.333. The highest BCUT2D eigenvalue weighted by Gasteiger charge is 2.07. The zero-order valence-electron chi connectivity index (χ0n) is 7.00. The Morgan fingerprint density at radius 3 is 2.42 bits per heavy atom. The van der Waals surface area contributed by atoms with Crippen LogP contribution in [0, 0.1) is 10.5 Å². The van der Waals surface area contributed by atoms with Crippen LogP contribution in [0.1, 0.15) is 24.2 Å². The molecular formula is C9H11IO2. The second kappa shape index (κ2) is 3.62. The third-order valence-corrected chi connectivity index (χ3v) is 3.14. The summed E-state index contributed by atoms with van der Waals surface area (Å²) in [5.41, 5.74) is 1.75. The van der Waals surface area contributed by atoms with E-state index in [-0.39, 0.29) is 5.75 Å². The summed E-state index contributed by atoms with van der Waals surface area (Å²) in [6.07, 6.45) is -0.522. The van der Waals surface area contributed by atoms with E-state index in [1.165, 1.54) is 0 Å². The van der Waals surface area contributed by atoms with E-state index in [2.05, 4.69) is 22.6 Å². The molecule has 2 nitrogen and oxygen atoms in total. The summed E-state index contributed by atoms with van der Waals surface area (Å²) in [5, 5.41) is 18.7. The Bertz CT molecular complexity index is 272. The Morgan fingerprint density at radius 1 is 1.42 bits per heavy atom. The van der Waals surface area contributed by atoms with Crippen LogP contribution in [0.15, 0.2) is 12.1 Å². The molecule has 0 aliphatic carbocycles. The topological polar surface area (TPSA) is 40.5 Å². The fourth-order valence-electron chi connectivity index (χ4n) is 1.02. The molecule has 0 spiro atoms. The first kappa shape index (κ1) is 9.80. The van der Waals surface area contributed by atoms with E-state index in [0.717, 1.165) is 14.7 Å². The average Bonchev–Trinajstić information content (AvgIpc) is 1.99. The van der Waals surface area contributed by atoms with Crippen molar-refractivity contribution in [3.05, 3.63) is 26.8 Å². The second-order valence-corrected chi connectivity index (χ2v) is 3.93. The summed E-state index contributed by atoms with van der Waals surface area (Å²) in [6, 6.07) is 3.48. The van der Waals surface area contributed by atoms with E-state index in [9.17, 15) is 10.2 Å². The molecule has 0 aliphatic heterocycles. The number of rotatable bonds is 1. The average molecular weight is 278 g/mol. The molecule has 1 aromatic carbocycles. The van der Waals surface area contributed by atoms with E-state index >= 15 is 0 Å². The van der Waals surface area contributed by atoms with Crippen molar-refractivity contribution in [1.29, 1.82) is 0 Å². The molecule has 0 radical (unpaired) electrons. The number of aromatic hydroxyl groups is 1. The van der Waals surface area contributed by atoms with Crippen molar-refractivity contribution in [3.8, 4) is 5.75 Å². The lowest BCUT2D eigenvalue weighted by atomic mass is 10.1. The Kier molecular flexibility index (Phi) is 2.95. The van der Waals surface area contributed by atoms with Crippen LogP contribution >= 0.6 is 22.6 Å². The smallest absolute Gasteiger partial charge is 0.129 e. The van der Waals surface area contributed by atoms with Crippen molar-refractivity contribution < 1.29 is 10.2 Å². The van der Waals surface area contributed by atoms with Gasteiger partial charge in [0.05, 0.1) is 9.67 Å². The standard InChI is InChI=1S/C9H11IO2/c1-5-3-7(6(2)11)4-8(12)9(5)10/h3-4,6,11-12H,1-2H3. The van der Waals surface area contributed by atoms with Crippen LogP contribution in [0.5, 0.6) is 5.75 Å². The van der Waals surface area contributed by atoms with Gasteiger partial charge in [-0.3, -0.25) is 0 Å². The number of phenolic OH excluding ortho intramolecular Hbond substituents is 1. The molecule has 1 rings (SSSR count).